The van der Waals surface area contributed by atoms with Crippen LogP contribution >= 0.6 is 0 Å². The summed E-state index contributed by atoms with van der Waals surface area (Å²) >= 11 is 0. The van der Waals surface area contributed by atoms with Gasteiger partial charge in [0, 0.05) is 32.9 Å². The molecule has 0 N–H and O–H groups in total. The van der Waals surface area contributed by atoms with Gasteiger partial charge in [-0.3, -0.25) is 0 Å². The van der Waals surface area contributed by atoms with Crippen molar-refractivity contribution in [2.24, 2.45) is 0 Å². The van der Waals surface area contributed by atoms with Gasteiger partial charge in [0.05, 0.1) is 11.4 Å². The first-order valence-electron chi connectivity index (χ1n) is 18.8. The first kappa shape index (κ1) is 31.4. The molecule has 2 aromatic heterocycles. The van der Waals surface area contributed by atoms with Crippen LogP contribution in [0.3, 0.4) is 0 Å². The molecule has 55 heavy (non-hydrogen) atoms. The minimum atomic E-state index is -0.295. The molecular weight excluding hydrogens is 669 g/mol. The van der Waals surface area contributed by atoms with Crippen LogP contribution in [0.25, 0.3) is 88.9 Å². The number of aromatic nitrogens is 2. The third kappa shape index (κ3) is 4.97. The average Bonchev–Trinajstić information content (AvgIpc) is 3.77. The number of fused-ring (bicyclic) bond motifs is 8. The van der Waals surface area contributed by atoms with E-state index < -0.39 is 0 Å². The lowest BCUT2D eigenvalue weighted by atomic mass is 9.74. The third-order valence-corrected chi connectivity index (χ3v) is 11.6. The standard InChI is InChI=1S/C52H34N2O/c1-52(39-15-6-3-7-16-39)44-19-11-10-18-41(44)42-27-25-38(30-45(42)52)47-32-46(53-51(54-47)36-13-4-2-5-14-36)35-22-20-33(21-23-35)37-24-28-43-49(31-37)55-48-29-26-34-12-8-9-17-40(34)50(43)48/h2-32H,1H3. The fourth-order valence-corrected chi connectivity index (χ4v) is 8.75. The molecule has 0 saturated heterocycles. The van der Waals surface area contributed by atoms with Crippen molar-refractivity contribution >= 4 is 32.7 Å². The smallest absolute Gasteiger partial charge is 0.160 e. The van der Waals surface area contributed by atoms with E-state index in [2.05, 4.69) is 177 Å². The van der Waals surface area contributed by atoms with Crippen LogP contribution in [0.5, 0.6) is 0 Å². The summed E-state index contributed by atoms with van der Waals surface area (Å²) in [5.74, 6) is 0.703. The van der Waals surface area contributed by atoms with E-state index in [-0.39, 0.29) is 5.41 Å². The molecule has 3 nitrogen and oxygen atoms in total. The molecule has 1 atom stereocenters. The van der Waals surface area contributed by atoms with E-state index in [1.807, 2.05) is 18.2 Å². The zero-order valence-electron chi connectivity index (χ0n) is 30.2. The highest BCUT2D eigenvalue weighted by molar-refractivity contribution is 6.19. The third-order valence-electron chi connectivity index (χ3n) is 11.6. The highest BCUT2D eigenvalue weighted by Crippen LogP contribution is 2.53. The van der Waals surface area contributed by atoms with Gasteiger partial charge in [0.25, 0.3) is 0 Å². The van der Waals surface area contributed by atoms with Crippen LogP contribution in [-0.2, 0) is 5.41 Å². The van der Waals surface area contributed by atoms with Crippen molar-refractivity contribution in [1.82, 2.24) is 9.97 Å². The minimum absolute atomic E-state index is 0.295. The van der Waals surface area contributed by atoms with Gasteiger partial charge in [0.15, 0.2) is 5.82 Å². The van der Waals surface area contributed by atoms with Crippen molar-refractivity contribution in [2.45, 2.75) is 12.3 Å². The molecule has 1 unspecified atom stereocenters. The Labute approximate surface area is 319 Å². The number of hydrogen-bond donors (Lipinski definition) is 0. The highest BCUT2D eigenvalue weighted by Gasteiger charge is 2.40. The maximum Gasteiger partial charge on any atom is 0.160 e. The second kappa shape index (κ2) is 12.2. The largest absolute Gasteiger partial charge is 0.456 e. The zero-order chi connectivity index (χ0) is 36.5. The Balaban J connectivity index is 1.00. The van der Waals surface area contributed by atoms with Gasteiger partial charge >= 0.3 is 0 Å². The quantitative estimate of drug-likeness (QED) is 0.179. The lowest BCUT2D eigenvalue weighted by Gasteiger charge is -2.28. The van der Waals surface area contributed by atoms with Crippen molar-refractivity contribution in [3.63, 3.8) is 0 Å². The molecule has 0 spiro atoms. The summed E-state index contributed by atoms with van der Waals surface area (Å²) in [7, 11) is 0. The summed E-state index contributed by atoms with van der Waals surface area (Å²) in [5, 5.41) is 4.73. The van der Waals surface area contributed by atoms with Crippen molar-refractivity contribution in [3.05, 3.63) is 205 Å². The number of benzene rings is 8. The van der Waals surface area contributed by atoms with E-state index in [0.29, 0.717) is 5.82 Å². The lowest BCUT2D eigenvalue weighted by molar-refractivity contribution is 0.669. The molecule has 0 saturated carbocycles. The topological polar surface area (TPSA) is 38.9 Å². The summed E-state index contributed by atoms with van der Waals surface area (Å²) in [4.78, 5) is 10.4. The average molecular weight is 703 g/mol. The van der Waals surface area contributed by atoms with Crippen LogP contribution in [0.4, 0.5) is 0 Å². The Hall–Kier alpha value is -7.10. The summed E-state index contributed by atoms with van der Waals surface area (Å²) in [5.41, 5.74) is 15.0. The molecule has 1 aliphatic carbocycles. The molecule has 11 rings (SSSR count). The Morgan fingerprint density at radius 1 is 0.418 bits per heavy atom. The van der Waals surface area contributed by atoms with Gasteiger partial charge in [-0.1, -0.05) is 158 Å². The number of nitrogens with zero attached hydrogens (tertiary/aromatic N) is 2. The normalized spacial score (nSPS) is 14.7. The molecular formula is C52H34N2O. The van der Waals surface area contributed by atoms with Crippen LogP contribution in [0, 0.1) is 0 Å². The fourth-order valence-electron chi connectivity index (χ4n) is 8.75. The van der Waals surface area contributed by atoms with Gasteiger partial charge in [-0.25, -0.2) is 9.97 Å². The molecule has 2 heterocycles. The van der Waals surface area contributed by atoms with Crippen molar-refractivity contribution in [2.75, 3.05) is 0 Å². The molecule has 1 aliphatic rings. The van der Waals surface area contributed by atoms with Gasteiger partial charge in [0.2, 0.25) is 0 Å². The van der Waals surface area contributed by atoms with Crippen molar-refractivity contribution in [1.29, 1.82) is 0 Å². The first-order valence-corrected chi connectivity index (χ1v) is 18.8. The van der Waals surface area contributed by atoms with Crippen LogP contribution in [-0.4, -0.2) is 9.97 Å². The van der Waals surface area contributed by atoms with E-state index in [0.717, 1.165) is 55.8 Å². The maximum atomic E-state index is 6.39. The lowest BCUT2D eigenvalue weighted by Crippen LogP contribution is -2.22. The van der Waals surface area contributed by atoms with Gasteiger partial charge in [-0.05, 0) is 87.0 Å². The molecule has 0 radical (unpaired) electrons. The molecule has 8 aromatic carbocycles. The Bertz CT molecular complexity index is 3090. The maximum absolute atomic E-state index is 6.39. The Morgan fingerprint density at radius 3 is 1.91 bits per heavy atom. The Morgan fingerprint density at radius 2 is 1.07 bits per heavy atom. The molecule has 258 valence electrons. The second-order valence-corrected chi connectivity index (χ2v) is 14.7. The van der Waals surface area contributed by atoms with E-state index in [1.54, 1.807) is 0 Å². The number of furan rings is 1. The van der Waals surface area contributed by atoms with Gasteiger partial charge in [-0.2, -0.15) is 0 Å². The van der Waals surface area contributed by atoms with E-state index in [4.69, 9.17) is 14.4 Å². The fraction of sp³-hybridized carbons (Fsp3) is 0.0385. The van der Waals surface area contributed by atoms with E-state index in [9.17, 15) is 0 Å². The van der Waals surface area contributed by atoms with Gasteiger partial charge < -0.3 is 4.42 Å². The van der Waals surface area contributed by atoms with Crippen molar-refractivity contribution < 1.29 is 4.42 Å². The highest BCUT2D eigenvalue weighted by atomic mass is 16.3. The minimum Gasteiger partial charge on any atom is -0.456 e. The molecule has 0 amide bonds. The molecule has 10 aromatic rings. The van der Waals surface area contributed by atoms with Gasteiger partial charge in [-0.15, -0.1) is 0 Å². The molecule has 0 bridgehead atoms. The summed E-state index contributed by atoms with van der Waals surface area (Å²) in [6, 6.07) is 66.8. The summed E-state index contributed by atoms with van der Waals surface area (Å²) < 4.78 is 6.39. The Kier molecular flexibility index (Phi) is 6.99. The predicted octanol–water partition coefficient (Wildman–Crippen LogP) is 13.5. The summed E-state index contributed by atoms with van der Waals surface area (Å²) in [6.07, 6.45) is 0. The van der Waals surface area contributed by atoms with E-state index >= 15 is 0 Å². The van der Waals surface area contributed by atoms with Crippen LogP contribution < -0.4 is 0 Å². The SMILES string of the molecule is CC1(c2ccccc2)c2ccccc2-c2ccc(-c3cc(-c4ccc(-c5ccc6c(c5)oc5ccc7ccccc7c56)cc4)nc(-c4ccccc4)n3)cc21. The molecule has 0 fully saturated rings. The van der Waals surface area contributed by atoms with Crippen LogP contribution in [0.1, 0.15) is 23.6 Å². The first-order chi connectivity index (χ1) is 27.1. The van der Waals surface area contributed by atoms with Gasteiger partial charge in [0.1, 0.15) is 11.2 Å². The number of hydrogen-bond acceptors (Lipinski definition) is 3. The summed E-state index contributed by atoms with van der Waals surface area (Å²) in [6.45, 7) is 2.35. The molecule has 0 aliphatic heterocycles. The second-order valence-electron chi connectivity index (χ2n) is 14.7. The zero-order valence-corrected chi connectivity index (χ0v) is 30.2. The predicted molar refractivity (Wildman–Crippen MR) is 226 cm³/mol. The molecule has 3 heteroatoms. The van der Waals surface area contributed by atoms with Crippen LogP contribution in [0.15, 0.2) is 192 Å². The monoisotopic (exact) mass is 702 g/mol. The van der Waals surface area contributed by atoms with Crippen LogP contribution in [0.2, 0.25) is 0 Å². The number of rotatable bonds is 5. The van der Waals surface area contributed by atoms with Crippen molar-refractivity contribution in [3.8, 4) is 56.2 Å². The van der Waals surface area contributed by atoms with E-state index in [1.165, 1.54) is 44.0 Å².